The molecule has 0 saturated heterocycles. The van der Waals surface area contributed by atoms with Gasteiger partial charge in [0.25, 0.3) is 0 Å². The van der Waals surface area contributed by atoms with E-state index in [1.54, 1.807) is 13.8 Å². The molecule has 19 heavy (non-hydrogen) atoms. The minimum Gasteiger partial charge on any atom is -0.492 e. The highest BCUT2D eigenvalue weighted by molar-refractivity contribution is 7.89. The molecule has 1 aromatic carbocycles. The van der Waals surface area contributed by atoms with Crippen LogP contribution in [-0.4, -0.2) is 15.0 Å². The number of sulfonamides is 1. The number of ether oxygens (including phenoxy) is 1. The molecule has 5 nitrogen and oxygen atoms in total. The third-order valence-corrected chi connectivity index (χ3v) is 3.67. The van der Waals surface area contributed by atoms with Crippen LogP contribution >= 0.6 is 11.6 Å². The van der Waals surface area contributed by atoms with Crippen molar-refractivity contribution in [2.75, 3.05) is 6.61 Å². The number of primary sulfonamides is 1. The van der Waals surface area contributed by atoms with Gasteiger partial charge in [-0.15, -0.1) is 0 Å². The van der Waals surface area contributed by atoms with E-state index in [0.29, 0.717) is 6.42 Å². The molecule has 0 spiro atoms. The SMILES string of the molecule is CC(C)(C#N)CCOc1ccc(Cl)cc1S(N)(=O)=O. The molecule has 1 rings (SSSR count). The standard InChI is InChI=1S/C12H15ClN2O3S/c1-12(2,8-14)5-6-18-10-4-3-9(13)7-11(10)19(15,16)17/h3-4,7H,5-6H2,1-2H3,(H2,15,16,17). The molecule has 0 heterocycles. The van der Waals surface area contributed by atoms with Crippen LogP contribution in [0.5, 0.6) is 5.75 Å². The maximum Gasteiger partial charge on any atom is 0.241 e. The Morgan fingerprint density at radius 1 is 1.47 bits per heavy atom. The molecule has 0 aromatic heterocycles. The molecule has 104 valence electrons. The third kappa shape index (κ3) is 4.71. The summed E-state index contributed by atoms with van der Waals surface area (Å²) < 4.78 is 28.2. The molecule has 7 heteroatoms. The molecule has 1 aromatic rings. The van der Waals surface area contributed by atoms with Crippen LogP contribution in [0, 0.1) is 16.7 Å². The van der Waals surface area contributed by atoms with E-state index in [4.69, 9.17) is 26.7 Å². The molecular formula is C12H15ClN2O3S. The van der Waals surface area contributed by atoms with Gasteiger partial charge in [-0.05, 0) is 38.5 Å². The maximum absolute atomic E-state index is 11.4. The second kappa shape index (κ2) is 5.78. The first-order chi connectivity index (χ1) is 8.65. The Morgan fingerprint density at radius 2 is 2.11 bits per heavy atom. The monoisotopic (exact) mass is 302 g/mol. The molecule has 2 N–H and O–H groups in total. The lowest BCUT2D eigenvalue weighted by Gasteiger charge is -2.16. The Morgan fingerprint density at radius 3 is 2.63 bits per heavy atom. The molecule has 0 unspecified atom stereocenters. The first kappa shape index (κ1) is 15.8. The Labute approximate surface area is 118 Å². The minimum atomic E-state index is -3.90. The van der Waals surface area contributed by atoms with Crippen LogP contribution in [0.25, 0.3) is 0 Å². The summed E-state index contributed by atoms with van der Waals surface area (Å²) in [6, 6.07) is 6.34. The molecule has 0 radical (unpaired) electrons. The summed E-state index contributed by atoms with van der Waals surface area (Å²) in [6.07, 6.45) is 0.468. The smallest absolute Gasteiger partial charge is 0.241 e. The quantitative estimate of drug-likeness (QED) is 0.903. The lowest BCUT2D eigenvalue weighted by molar-refractivity contribution is 0.259. The second-order valence-electron chi connectivity index (χ2n) is 4.73. The highest BCUT2D eigenvalue weighted by Crippen LogP contribution is 2.27. The van der Waals surface area contributed by atoms with Gasteiger partial charge in [0.1, 0.15) is 10.6 Å². The summed E-state index contributed by atoms with van der Waals surface area (Å²) in [5.74, 6) is 0.139. The van der Waals surface area contributed by atoms with Crippen molar-refractivity contribution in [1.29, 1.82) is 5.26 Å². The van der Waals surface area contributed by atoms with Gasteiger partial charge in [0.2, 0.25) is 10.0 Å². The molecule has 0 aliphatic heterocycles. The maximum atomic E-state index is 11.4. The van der Waals surface area contributed by atoms with Crippen LogP contribution in [0.1, 0.15) is 20.3 Å². The molecular weight excluding hydrogens is 288 g/mol. The Balaban J connectivity index is 2.89. The Hall–Kier alpha value is -1.29. The van der Waals surface area contributed by atoms with E-state index in [1.807, 2.05) is 0 Å². The summed E-state index contributed by atoms with van der Waals surface area (Å²) >= 11 is 5.73. The molecule has 0 bridgehead atoms. The molecule has 0 aliphatic carbocycles. The van der Waals surface area contributed by atoms with Gasteiger partial charge in [-0.2, -0.15) is 5.26 Å². The predicted molar refractivity (Wildman–Crippen MR) is 72.3 cm³/mol. The summed E-state index contributed by atoms with van der Waals surface area (Å²) in [5.41, 5.74) is -0.534. The average molecular weight is 303 g/mol. The van der Waals surface area contributed by atoms with Gasteiger partial charge in [-0.25, -0.2) is 13.6 Å². The second-order valence-corrected chi connectivity index (χ2v) is 6.70. The van der Waals surface area contributed by atoms with Crippen LogP contribution < -0.4 is 9.88 Å². The normalized spacial score (nSPS) is 11.9. The van der Waals surface area contributed by atoms with E-state index < -0.39 is 15.4 Å². The molecule has 0 atom stereocenters. The molecule has 0 fully saturated rings. The first-order valence-corrected chi connectivity index (χ1v) is 7.44. The number of benzene rings is 1. The highest BCUT2D eigenvalue weighted by Gasteiger charge is 2.19. The Bertz CT molecular complexity index is 606. The van der Waals surface area contributed by atoms with Crippen molar-refractivity contribution >= 4 is 21.6 Å². The molecule has 0 aliphatic rings. The van der Waals surface area contributed by atoms with Gasteiger partial charge < -0.3 is 4.74 Å². The van der Waals surface area contributed by atoms with E-state index in [9.17, 15) is 8.42 Å². The molecule has 0 saturated carbocycles. The van der Waals surface area contributed by atoms with Crippen molar-refractivity contribution in [2.24, 2.45) is 10.6 Å². The van der Waals surface area contributed by atoms with Gasteiger partial charge in [0, 0.05) is 5.02 Å². The van der Waals surface area contributed by atoms with Crippen LogP contribution in [0.2, 0.25) is 5.02 Å². The highest BCUT2D eigenvalue weighted by atomic mass is 35.5. The van der Waals surface area contributed by atoms with Crippen molar-refractivity contribution in [3.63, 3.8) is 0 Å². The van der Waals surface area contributed by atoms with Gasteiger partial charge in [-0.3, -0.25) is 0 Å². The van der Waals surface area contributed by atoms with Gasteiger partial charge >= 0.3 is 0 Å². The van der Waals surface area contributed by atoms with Crippen LogP contribution in [0.3, 0.4) is 0 Å². The molecule has 0 amide bonds. The fraction of sp³-hybridized carbons (Fsp3) is 0.417. The van der Waals surface area contributed by atoms with Crippen molar-refractivity contribution in [3.8, 4) is 11.8 Å². The zero-order valence-electron chi connectivity index (χ0n) is 10.7. The van der Waals surface area contributed by atoms with Gasteiger partial charge in [0.05, 0.1) is 18.1 Å². The lowest BCUT2D eigenvalue weighted by atomic mass is 9.92. The van der Waals surface area contributed by atoms with Gasteiger partial charge in [-0.1, -0.05) is 11.6 Å². The van der Waals surface area contributed by atoms with Crippen molar-refractivity contribution in [1.82, 2.24) is 0 Å². The van der Waals surface area contributed by atoms with Crippen LogP contribution in [0.4, 0.5) is 0 Å². The summed E-state index contributed by atoms with van der Waals surface area (Å²) in [4.78, 5) is -0.158. The van der Waals surface area contributed by atoms with E-state index in [0.717, 1.165) is 0 Å². The van der Waals surface area contributed by atoms with E-state index in [-0.39, 0.29) is 22.3 Å². The number of halogens is 1. The fourth-order valence-corrected chi connectivity index (χ4v) is 2.23. The fourth-order valence-electron chi connectivity index (χ4n) is 1.30. The average Bonchev–Trinajstić information content (AvgIpc) is 2.29. The first-order valence-electron chi connectivity index (χ1n) is 5.52. The van der Waals surface area contributed by atoms with E-state index >= 15 is 0 Å². The van der Waals surface area contributed by atoms with Crippen molar-refractivity contribution in [3.05, 3.63) is 23.2 Å². The lowest BCUT2D eigenvalue weighted by Crippen LogP contribution is -2.16. The van der Waals surface area contributed by atoms with Crippen LogP contribution in [-0.2, 0) is 10.0 Å². The Kier molecular flexibility index (Phi) is 4.80. The number of rotatable bonds is 5. The number of nitriles is 1. The van der Waals surface area contributed by atoms with Crippen molar-refractivity contribution in [2.45, 2.75) is 25.2 Å². The number of hydrogen-bond acceptors (Lipinski definition) is 4. The van der Waals surface area contributed by atoms with E-state index in [1.165, 1.54) is 18.2 Å². The van der Waals surface area contributed by atoms with Crippen LogP contribution in [0.15, 0.2) is 23.1 Å². The summed E-state index contributed by atoms with van der Waals surface area (Å²) in [6.45, 7) is 3.77. The topological polar surface area (TPSA) is 93.2 Å². The minimum absolute atomic E-state index is 0.139. The summed E-state index contributed by atoms with van der Waals surface area (Å²) in [5, 5.41) is 14.2. The van der Waals surface area contributed by atoms with Gasteiger partial charge in [0.15, 0.2) is 0 Å². The van der Waals surface area contributed by atoms with E-state index in [2.05, 4.69) is 6.07 Å². The summed E-state index contributed by atoms with van der Waals surface area (Å²) in [7, 11) is -3.90. The van der Waals surface area contributed by atoms with Crippen molar-refractivity contribution < 1.29 is 13.2 Å². The number of hydrogen-bond donors (Lipinski definition) is 1. The predicted octanol–water partition coefficient (Wildman–Crippen LogP) is 2.31. The largest absolute Gasteiger partial charge is 0.492 e. The number of nitrogens with zero attached hydrogens (tertiary/aromatic N) is 1. The third-order valence-electron chi connectivity index (χ3n) is 2.50. The zero-order chi connectivity index (χ0) is 14.7. The zero-order valence-corrected chi connectivity index (χ0v) is 12.3. The number of nitrogens with two attached hydrogens (primary N) is 1.